The van der Waals surface area contributed by atoms with Gasteiger partial charge in [-0.1, -0.05) is 70.7 Å². The van der Waals surface area contributed by atoms with Gasteiger partial charge < -0.3 is 34.8 Å². The van der Waals surface area contributed by atoms with Crippen molar-refractivity contribution in [3.63, 3.8) is 0 Å². The molecule has 8 rings (SSSR count). The molecule has 2 fully saturated rings. The average molecular weight is 1090 g/mol. The number of benzene rings is 6. The summed E-state index contributed by atoms with van der Waals surface area (Å²) in [5.41, 5.74) is 4.10. The molecule has 4 atom stereocenters. The van der Waals surface area contributed by atoms with Crippen molar-refractivity contribution in [1.29, 1.82) is 0 Å². The fraction of sp³-hybridized carbons (Fsp3) is 0.173. The molecule has 14 nitrogen and oxygen atoms in total. The topological polar surface area (TPSA) is 197 Å². The summed E-state index contributed by atoms with van der Waals surface area (Å²) in [7, 11) is 0. The van der Waals surface area contributed by atoms with Crippen molar-refractivity contribution in [2.45, 2.75) is 22.6 Å². The van der Waals surface area contributed by atoms with Gasteiger partial charge in [-0.2, -0.15) is 0 Å². The lowest BCUT2D eigenvalue weighted by molar-refractivity contribution is -0.139. The Morgan fingerprint density at radius 2 is 0.833 bits per heavy atom. The van der Waals surface area contributed by atoms with Gasteiger partial charge in [0.25, 0.3) is 5.91 Å². The van der Waals surface area contributed by atoms with E-state index in [1.54, 1.807) is 155 Å². The Labute approximate surface area is 441 Å². The summed E-state index contributed by atoms with van der Waals surface area (Å²) in [4.78, 5) is 88.0. The van der Waals surface area contributed by atoms with Gasteiger partial charge in [0.2, 0.25) is 11.8 Å². The summed E-state index contributed by atoms with van der Waals surface area (Å²) in [6.07, 6.45) is 0. The lowest BCUT2D eigenvalue weighted by Crippen LogP contribution is -2.57. The number of carboxylic acid groups (broad SMARTS) is 2. The molecule has 2 heterocycles. The van der Waals surface area contributed by atoms with Gasteiger partial charge in [0.15, 0.2) is 24.8 Å². The summed E-state index contributed by atoms with van der Waals surface area (Å²) in [5.74, 6) is -2.11. The maximum Gasteiger partial charge on any atom is 0.341 e. The predicted octanol–water partition coefficient (Wildman–Crippen LogP) is 10.2. The number of Topliss-reactive ketones (excluding diaryl/α,β-unsaturated/α-hetero) is 2. The second-order valence-corrected chi connectivity index (χ2v) is 19.9. The Kier molecular flexibility index (Phi) is 18.3. The third kappa shape index (κ3) is 13.7. The minimum absolute atomic E-state index is 0.0874. The average Bonchev–Trinajstić information content (AvgIpc) is 3.37. The van der Waals surface area contributed by atoms with E-state index in [2.05, 4.69) is 5.32 Å². The van der Waals surface area contributed by atoms with Crippen molar-refractivity contribution in [3.05, 3.63) is 188 Å². The molecule has 0 aliphatic carbocycles. The Bertz CT molecular complexity index is 2930. The van der Waals surface area contributed by atoms with Gasteiger partial charge in [0.1, 0.15) is 28.5 Å². The quantitative estimate of drug-likeness (QED) is 0.0483. The highest BCUT2D eigenvalue weighted by Crippen LogP contribution is 2.47. The van der Waals surface area contributed by atoms with Crippen LogP contribution in [0.5, 0.6) is 11.5 Å². The van der Waals surface area contributed by atoms with Gasteiger partial charge in [0.05, 0.1) is 23.6 Å². The molecule has 0 saturated carbocycles. The van der Waals surface area contributed by atoms with Crippen molar-refractivity contribution in [3.8, 4) is 11.5 Å². The zero-order valence-electron chi connectivity index (χ0n) is 37.5. The lowest BCUT2D eigenvalue weighted by atomic mass is 9.92. The molecule has 20 heteroatoms. The second kappa shape index (κ2) is 24.7. The molecule has 3 amide bonds. The monoisotopic (exact) mass is 1090 g/mol. The van der Waals surface area contributed by atoms with Crippen LogP contribution in [-0.2, 0) is 24.0 Å². The van der Waals surface area contributed by atoms with Crippen molar-refractivity contribution >= 4 is 123 Å². The number of ketones is 2. The van der Waals surface area contributed by atoms with E-state index < -0.39 is 41.5 Å². The van der Waals surface area contributed by atoms with Crippen LogP contribution in [0, 0.1) is 0 Å². The van der Waals surface area contributed by atoms with E-state index in [9.17, 15) is 33.6 Å². The molecule has 0 radical (unpaired) electrons. The van der Waals surface area contributed by atoms with Crippen molar-refractivity contribution in [2.24, 2.45) is 0 Å². The molecule has 3 N–H and O–H groups in total. The zero-order chi connectivity index (χ0) is 51.5. The summed E-state index contributed by atoms with van der Waals surface area (Å²) < 4.78 is 10.6. The summed E-state index contributed by atoms with van der Waals surface area (Å²) in [6, 6.07) is 40.4. The van der Waals surface area contributed by atoms with E-state index >= 15 is 0 Å². The fourth-order valence-corrected chi connectivity index (χ4v) is 10.4. The van der Waals surface area contributed by atoms with Gasteiger partial charge in [-0.3, -0.25) is 28.8 Å². The number of amides is 3. The molecule has 370 valence electrons. The van der Waals surface area contributed by atoms with Gasteiger partial charge >= 0.3 is 11.9 Å². The molecule has 6 aromatic rings. The molecule has 0 bridgehead atoms. The number of ether oxygens (including phenoxy) is 2. The van der Waals surface area contributed by atoms with Gasteiger partial charge in [-0.15, -0.1) is 23.5 Å². The van der Waals surface area contributed by atoms with Crippen LogP contribution < -0.4 is 24.6 Å². The summed E-state index contributed by atoms with van der Waals surface area (Å²) >= 11 is 26.4. The van der Waals surface area contributed by atoms with Gasteiger partial charge in [0, 0.05) is 42.6 Å². The molecule has 6 aromatic carbocycles. The number of anilines is 2. The van der Waals surface area contributed by atoms with Crippen molar-refractivity contribution in [2.75, 3.05) is 41.1 Å². The highest BCUT2D eigenvalue weighted by molar-refractivity contribution is 8.01. The number of halogens is 4. The van der Waals surface area contributed by atoms with Crippen molar-refractivity contribution < 1.29 is 53.2 Å². The Morgan fingerprint density at radius 3 is 1.18 bits per heavy atom. The highest BCUT2D eigenvalue weighted by atomic mass is 35.5. The van der Waals surface area contributed by atoms with Crippen LogP contribution in [0.3, 0.4) is 0 Å². The number of β-lactam (4-membered cyclic amide) rings is 2. The first-order chi connectivity index (χ1) is 34.6. The normalized spacial score (nSPS) is 16.8. The number of rotatable bonds is 20. The molecular formula is C52H41Cl4N3O11S2. The molecular weight excluding hydrogens is 1050 g/mol. The number of nitrogens with zero attached hydrogens (tertiary/aromatic N) is 2. The number of carbonyl (C=O) groups is 7. The smallest absolute Gasteiger partial charge is 0.341 e. The van der Waals surface area contributed by atoms with E-state index in [-0.39, 0.29) is 53.6 Å². The Morgan fingerprint density at radius 1 is 0.486 bits per heavy atom. The maximum atomic E-state index is 13.2. The molecule has 0 aromatic heterocycles. The molecule has 2 aliphatic rings. The van der Waals surface area contributed by atoms with Crippen LogP contribution >= 0.6 is 69.9 Å². The number of aliphatic carboxylic acids is 2. The molecule has 2 aliphatic heterocycles. The van der Waals surface area contributed by atoms with E-state index in [1.807, 2.05) is 0 Å². The minimum Gasteiger partial charge on any atom is -0.484 e. The van der Waals surface area contributed by atoms with Crippen LogP contribution in [0.2, 0.25) is 20.1 Å². The number of carbonyl (C=O) groups excluding carboxylic acids is 5. The van der Waals surface area contributed by atoms with E-state index in [4.69, 9.17) is 66.1 Å². The van der Waals surface area contributed by atoms with Crippen LogP contribution in [-0.4, -0.2) is 93.2 Å². The minimum atomic E-state index is -1.15. The number of thioether (sulfide) groups is 2. The van der Waals surface area contributed by atoms with Crippen LogP contribution in [0.4, 0.5) is 11.4 Å². The zero-order valence-corrected chi connectivity index (χ0v) is 42.1. The van der Waals surface area contributed by atoms with Crippen molar-refractivity contribution in [1.82, 2.24) is 5.32 Å². The number of hydrogen-bond acceptors (Lipinski definition) is 11. The number of nitrogens with one attached hydrogen (secondary N) is 1. The SMILES string of the molecule is O=C(O)CNC(=O)COc1ccc([C@@H]2[C@@H](SCC(=O)c3ccc(Cl)cc3)C(=O)N2c2ccc(Cl)cc2)cc1.O=C(O)COc1ccc([C@@H]2[C@@H](SCC(=O)c3ccc(Cl)cc3)C(=O)N2c2ccc(Cl)cc2)cc1. The summed E-state index contributed by atoms with van der Waals surface area (Å²) in [6.45, 7) is -1.27. The molecule has 0 spiro atoms. The van der Waals surface area contributed by atoms with E-state index in [0.29, 0.717) is 54.1 Å². The van der Waals surface area contributed by atoms with Crippen LogP contribution in [0.25, 0.3) is 0 Å². The Hall–Kier alpha value is -6.53. The maximum absolute atomic E-state index is 13.2. The van der Waals surface area contributed by atoms with Crippen LogP contribution in [0.15, 0.2) is 146 Å². The second-order valence-electron chi connectivity index (χ2n) is 15.9. The molecule has 0 unspecified atom stereocenters. The van der Waals surface area contributed by atoms with E-state index in [1.165, 1.54) is 23.5 Å². The largest absolute Gasteiger partial charge is 0.484 e. The van der Waals surface area contributed by atoms with Gasteiger partial charge in [-0.05, 0) is 132 Å². The first kappa shape index (κ1) is 53.3. The molecule has 2 saturated heterocycles. The number of carboxylic acids is 2. The Balaban J connectivity index is 0.000000213. The van der Waals surface area contributed by atoms with E-state index in [0.717, 1.165) is 11.1 Å². The van der Waals surface area contributed by atoms with Crippen LogP contribution in [0.1, 0.15) is 43.9 Å². The van der Waals surface area contributed by atoms with Gasteiger partial charge in [-0.25, -0.2) is 4.79 Å². The predicted molar refractivity (Wildman–Crippen MR) is 280 cm³/mol. The lowest BCUT2D eigenvalue weighted by Gasteiger charge is -2.47. The molecule has 72 heavy (non-hydrogen) atoms. The fourth-order valence-electron chi connectivity index (χ4n) is 7.49. The highest BCUT2D eigenvalue weighted by Gasteiger charge is 2.50. The summed E-state index contributed by atoms with van der Waals surface area (Å²) in [5, 5.41) is 20.9. The first-order valence-corrected chi connectivity index (χ1v) is 25.3. The third-order valence-electron chi connectivity index (χ3n) is 11.0. The third-order valence-corrected chi connectivity index (χ3v) is 14.5. The number of hydrogen-bond donors (Lipinski definition) is 3. The first-order valence-electron chi connectivity index (χ1n) is 21.7. The standard InChI is InChI=1S/C27H22Cl2N2O6S.C25H19Cl2NO5S/c28-18-5-1-16(2-6-18)22(32)15-38-26-25(31(27(26)36)20-9-7-19(29)8-10-20)17-3-11-21(12-4-17)37-14-23(33)30-13-24(34)35;26-17-5-1-15(2-6-17)21(29)14-34-24-23(16-3-11-20(12-4-16)33-13-22(30)31)28(25(24)32)19-9-7-18(27)8-10-19/h1-12,25-26H,13-15H2,(H,30,33)(H,34,35);1-12,23-24H,13-14H2,(H,30,31)/t25-,26-;23-,24-/m11/s1.